The molecule has 17 heavy (non-hydrogen) atoms. The number of hydrogen-bond donors (Lipinski definition) is 1. The standard InChI is InChI=1S/C15H29BrO/c1-3-4-5-6-7-8-9-10-11-12-15(17)13-14(2)16/h15,17H,2-13H2,1H3. The predicted molar refractivity (Wildman–Crippen MR) is 80.5 cm³/mol. The van der Waals surface area contributed by atoms with Crippen molar-refractivity contribution in [2.75, 3.05) is 0 Å². The van der Waals surface area contributed by atoms with Crippen LogP contribution in [0.4, 0.5) is 0 Å². The highest BCUT2D eigenvalue weighted by Crippen LogP contribution is 2.16. The van der Waals surface area contributed by atoms with Gasteiger partial charge in [-0.15, -0.1) is 0 Å². The van der Waals surface area contributed by atoms with Gasteiger partial charge in [0.05, 0.1) is 6.10 Å². The van der Waals surface area contributed by atoms with Gasteiger partial charge >= 0.3 is 0 Å². The molecule has 2 heteroatoms. The normalized spacial score (nSPS) is 12.6. The van der Waals surface area contributed by atoms with Crippen molar-refractivity contribution in [3.63, 3.8) is 0 Å². The van der Waals surface area contributed by atoms with Gasteiger partial charge in [0.15, 0.2) is 0 Å². The topological polar surface area (TPSA) is 20.2 Å². The molecular formula is C15H29BrO. The molecule has 0 aliphatic heterocycles. The highest BCUT2D eigenvalue weighted by molar-refractivity contribution is 9.11. The maximum Gasteiger partial charge on any atom is 0.0585 e. The molecule has 102 valence electrons. The largest absolute Gasteiger partial charge is 0.393 e. The van der Waals surface area contributed by atoms with Crippen LogP contribution in [0.25, 0.3) is 0 Å². The first-order valence-corrected chi connectivity index (χ1v) is 7.97. The molecule has 0 spiro atoms. The van der Waals surface area contributed by atoms with Gasteiger partial charge in [0.1, 0.15) is 0 Å². The van der Waals surface area contributed by atoms with Gasteiger partial charge in [0.2, 0.25) is 0 Å². The smallest absolute Gasteiger partial charge is 0.0585 e. The molecule has 0 rings (SSSR count). The van der Waals surface area contributed by atoms with Crippen molar-refractivity contribution < 1.29 is 5.11 Å². The molecule has 0 bridgehead atoms. The summed E-state index contributed by atoms with van der Waals surface area (Å²) in [6, 6.07) is 0. The van der Waals surface area contributed by atoms with Gasteiger partial charge in [0.25, 0.3) is 0 Å². The van der Waals surface area contributed by atoms with Crippen molar-refractivity contribution in [3.8, 4) is 0 Å². The van der Waals surface area contributed by atoms with Gasteiger partial charge in [0, 0.05) is 6.42 Å². The SMILES string of the molecule is C=C(Br)CC(O)CCCCCCCCCCC. The van der Waals surface area contributed by atoms with E-state index >= 15 is 0 Å². The maximum absolute atomic E-state index is 9.63. The fourth-order valence-electron chi connectivity index (χ4n) is 2.05. The molecular weight excluding hydrogens is 276 g/mol. The molecule has 1 unspecified atom stereocenters. The van der Waals surface area contributed by atoms with E-state index in [1.807, 2.05) is 0 Å². The Balaban J connectivity index is 3.10. The molecule has 0 amide bonds. The van der Waals surface area contributed by atoms with Gasteiger partial charge in [-0.1, -0.05) is 87.2 Å². The van der Waals surface area contributed by atoms with Crippen LogP contribution in [0.15, 0.2) is 11.1 Å². The molecule has 1 atom stereocenters. The van der Waals surface area contributed by atoms with E-state index in [1.165, 1.54) is 51.4 Å². The highest BCUT2D eigenvalue weighted by Gasteiger charge is 2.04. The lowest BCUT2D eigenvalue weighted by atomic mass is 10.0. The number of aliphatic hydroxyl groups is 1. The molecule has 0 fully saturated rings. The Morgan fingerprint density at radius 2 is 1.47 bits per heavy atom. The molecule has 0 aromatic carbocycles. The van der Waals surface area contributed by atoms with Crippen LogP contribution >= 0.6 is 15.9 Å². The Hall–Kier alpha value is 0.180. The lowest BCUT2D eigenvalue weighted by Gasteiger charge is -2.09. The number of rotatable bonds is 12. The quantitative estimate of drug-likeness (QED) is 0.467. The average Bonchev–Trinajstić information content (AvgIpc) is 2.26. The fourth-order valence-corrected chi connectivity index (χ4v) is 2.42. The van der Waals surface area contributed by atoms with Gasteiger partial charge < -0.3 is 5.11 Å². The third-order valence-corrected chi connectivity index (χ3v) is 3.42. The van der Waals surface area contributed by atoms with Crippen LogP contribution in [0.1, 0.15) is 77.6 Å². The Morgan fingerprint density at radius 1 is 1.00 bits per heavy atom. The van der Waals surface area contributed by atoms with Crippen molar-refractivity contribution in [2.24, 2.45) is 0 Å². The van der Waals surface area contributed by atoms with Gasteiger partial charge in [-0.2, -0.15) is 0 Å². The molecule has 0 aromatic rings. The van der Waals surface area contributed by atoms with E-state index in [2.05, 4.69) is 29.4 Å². The second-order valence-corrected chi connectivity index (χ2v) is 6.11. The van der Waals surface area contributed by atoms with Crippen molar-refractivity contribution in [3.05, 3.63) is 11.1 Å². The number of hydrogen-bond acceptors (Lipinski definition) is 1. The minimum atomic E-state index is -0.202. The number of aliphatic hydroxyl groups excluding tert-OH is 1. The van der Waals surface area contributed by atoms with Crippen molar-refractivity contribution in [2.45, 2.75) is 83.7 Å². The maximum atomic E-state index is 9.63. The zero-order valence-electron chi connectivity index (χ0n) is 11.4. The van der Waals surface area contributed by atoms with Gasteiger partial charge in [-0.3, -0.25) is 0 Å². The molecule has 0 aromatic heterocycles. The fraction of sp³-hybridized carbons (Fsp3) is 0.867. The van der Waals surface area contributed by atoms with Gasteiger partial charge in [-0.05, 0) is 10.9 Å². The van der Waals surface area contributed by atoms with E-state index in [0.29, 0.717) is 6.42 Å². The lowest BCUT2D eigenvalue weighted by molar-refractivity contribution is 0.163. The van der Waals surface area contributed by atoms with E-state index in [1.54, 1.807) is 0 Å². The third kappa shape index (κ3) is 14.1. The Labute approximate surface area is 116 Å². The van der Waals surface area contributed by atoms with Crippen LogP contribution in [0.5, 0.6) is 0 Å². The minimum Gasteiger partial charge on any atom is -0.393 e. The molecule has 1 N–H and O–H groups in total. The molecule has 0 saturated heterocycles. The Bertz CT molecular complexity index is 180. The lowest BCUT2D eigenvalue weighted by Crippen LogP contribution is -2.05. The summed E-state index contributed by atoms with van der Waals surface area (Å²) in [5.74, 6) is 0. The Morgan fingerprint density at radius 3 is 1.94 bits per heavy atom. The molecule has 1 nitrogen and oxygen atoms in total. The zero-order valence-corrected chi connectivity index (χ0v) is 13.0. The van der Waals surface area contributed by atoms with E-state index in [-0.39, 0.29) is 6.10 Å². The van der Waals surface area contributed by atoms with E-state index in [4.69, 9.17) is 0 Å². The predicted octanol–water partition coefficient (Wildman–Crippen LogP) is 5.57. The van der Waals surface area contributed by atoms with Crippen molar-refractivity contribution >= 4 is 15.9 Å². The van der Waals surface area contributed by atoms with Crippen molar-refractivity contribution in [1.29, 1.82) is 0 Å². The summed E-state index contributed by atoms with van der Waals surface area (Å²) in [5, 5.41) is 9.63. The first-order valence-electron chi connectivity index (χ1n) is 7.18. The second kappa shape index (κ2) is 12.6. The summed E-state index contributed by atoms with van der Waals surface area (Å²) in [6.45, 7) is 6.00. The highest BCUT2D eigenvalue weighted by atomic mass is 79.9. The first-order chi connectivity index (χ1) is 8.16. The molecule has 0 heterocycles. The summed E-state index contributed by atoms with van der Waals surface area (Å²) < 4.78 is 0.904. The van der Waals surface area contributed by atoms with Crippen LogP contribution in [-0.4, -0.2) is 11.2 Å². The van der Waals surface area contributed by atoms with E-state index < -0.39 is 0 Å². The third-order valence-electron chi connectivity index (χ3n) is 3.10. The summed E-state index contributed by atoms with van der Waals surface area (Å²) in [5.41, 5.74) is 0. The van der Waals surface area contributed by atoms with Crippen LogP contribution in [0.3, 0.4) is 0 Å². The van der Waals surface area contributed by atoms with Crippen LogP contribution < -0.4 is 0 Å². The number of halogens is 1. The molecule has 0 aliphatic rings. The van der Waals surface area contributed by atoms with Crippen molar-refractivity contribution in [1.82, 2.24) is 0 Å². The summed E-state index contributed by atoms with van der Waals surface area (Å²) in [4.78, 5) is 0. The minimum absolute atomic E-state index is 0.202. The second-order valence-electron chi connectivity index (χ2n) is 4.99. The van der Waals surface area contributed by atoms with Crippen LogP contribution in [-0.2, 0) is 0 Å². The molecule has 0 radical (unpaired) electrons. The van der Waals surface area contributed by atoms with E-state index in [0.717, 1.165) is 17.3 Å². The summed E-state index contributed by atoms with van der Waals surface area (Å²) >= 11 is 3.28. The average molecular weight is 305 g/mol. The Kier molecular flexibility index (Phi) is 12.8. The van der Waals surface area contributed by atoms with Crippen LogP contribution in [0, 0.1) is 0 Å². The van der Waals surface area contributed by atoms with Crippen LogP contribution in [0.2, 0.25) is 0 Å². The monoisotopic (exact) mass is 304 g/mol. The zero-order chi connectivity index (χ0) is 12.9. The molecule has 0 aliphatic carbocycles. The van der Waals surface area contributed by atoms with E-state index in [9.17, 15) is 5.11 Å². The molecule has 0 saturated carbocycles. The summed E-state index contributed by atoms with van der Waals surface area (Å²) in [7, 11) is 0. The van der Waals surface area contributed by atoms with Gasteiger partial charge in [-0.25, -0.2) is 0 Å². The summed E-state index contributed by atoms with van der Waals surface area (Å²) in [6.07, 6.45) is 13.4. The number of unbranched alkanes of at least 4 members (excludes halogenated alkanes) is 8. The first kappa shape index (κ1) is 17.2.